The molecule has 0 bridgehead atoms. The van der Waals surface area contributed by atoms with Gasteiger partial charge in [0.1, 0.15) is 31.0 Å². The molecule has 0 saturated carbocycles. The van der Waals surface area contributed by atoms with Crippen molar-refractivity contribution in [1.29, 1.82) is 0 Å². The summed E-state index contributed by atoms with van der Waals surface area (Å²) in [5.74, 6) is -0.747. The lowest BCUT2D eigenvalue weighted by Crippen LogP contribution is -2.63. The molecule has 3 aromatic rings. The zero-order valence-corrected chi connectivity index (χ0v) is 32.7. The molecule has 1 aliphatic heterocycles. The van der Waals surface area contributed by atoms with Crippen LogP contribution in [0.5, 0.6) is 0 Å². The minimum absolute atomic E-state index is 0.0159. The van der Waals surface area contributed by atoms with Crippen molar-refractivity contribution in [2.45, 2.75) is 147 Å². The molecule has 3 aromatic carbocycles. The number of nitrogens with one attached hydrogen (secondary N) is 1. The van der Waals surface area contributed by atoms with Crippen molar-refractivity contribution in [2.75, 3.05) is 13.2 Å². The number of benzene rings is 3. The zero-order chi connectivity index (χ0) is 38.9. The number of carbonyl (C=O) groups is 2. The summed E-state index contributed by atoms with van der Waals surface area (Å²) < 4.78 is 30.2. The van der Waals surface area contributed by atoms with Gasteiger partial charge < -0.3 is 39.8 Å². The molecule has 1 aliphatic rings. The van der Waals surface area contributed by atoms with Crippen molar-refractivity contribution in [2.24, 2.45) is 5.73 Å². The maximum absolute atomic E-state index is 13.3. The van der Waals surface area contributed by atoms with Crippen LogP contribution in [0.25, 0.3) is 0 Å². The summed E-state index contributed by atoms with van der Waals surface area (Å²) in [6.07, 6.45) is 9.95. The maximum Gasteiger partial charge on any atom is 0.329 e. The number of rotatable bonds is 27. The standard InChI is InChI=1S/C45H64N2O8/c1-2-3-4-5-6-7-8-9-10-11-21-28-40(48)47-38(44(50)54-33-37-26-19-14-20-27-37)29-30-52-45-41(46)42(49)43(53-32-36-24-17-13-18-25-36)39(55-45)34-51-31-35-22-15-12-16-23-35/h12-20,22-27,38-39,41-43,45,49H,2-11,21,28-34,46H2,1H3,(H,47,48)/t38-,39+,41+,42+,43+,45+/m0/s1. The molecule has 10 heteroatoms. The van der Waals surface area contributed by atoms with E-state index in [0.29, 0.717) is 13.0 Å². The number of esters is 1. The summed E-state index contributed by atoms with van der Waals surface area (Å²) in [6, 6.07) is 27.0. The zero-order valence-electron chi connectivity index (χ0n) is 32.7. The summed E-state index contributed by atoms with van der Waals surface area (Å²) in [4.78, 5) is 26.3. The monoisotopic (exact) mass is 760 g/mol. The van der Waals surface area contributed by atoms with Gasteiger partial charge in [0.15, 0.2) is 6.29 Å². The lowest BCUT2D eigenvalue weighted by atomic mass is 9.97. The molecule has 6 atom stereocenters. The molecule has 55 heavy (non-hydrogen) atoms. The van der Waals surface area contributed by atoms with Gasteiger partial charge in [-0.3, -0.25) is 4.79 Å². The predicted octanol–water partition coefficient (Wildman–Crippen LogP) is 7.54. The molecule has 4 N–H and O–H groups in total. The SMILES string of the molecule is CCCCCCCCCCCCCC(=O)N[C@@H](CCO[C@@H]1O[C@H](COCc2ccccc2)[C@@H](OCc2ccccc2)[C@H](O)[C@H]1N)C(=O)OCc1ccccc1. The van der Waals surface area contributed by atoms with Crippen LogP contribution < -0.4 is 11.1 Å². The second kappa shape index (κ2) is 26.3. The molecule has 1 saturated heterocycles. The smallest absolute Gasteiger partial charge is 0.329 e. The van der Waals surface area contributed by atoms with Gasteiger partial charge in [0.05, 0.1) is 32.5 Å². The number of unbranched alkanes of at least 4 members (excludes halogenated alkanes) is 10. The number of carbonyl (C=O) groups excluding carboxylic acids is 2. The molecule has 0 radical (unpaired) electrons. The van der Waals surface area contributed by atoms with Crippen LogP contribution in [0.4, 0.5) is 0 Å². The van der Waals surface area contributed by atoms with Crippen molar-refractivity contribution >= 4 is 11.9 Å². The molecule has 1 amide bonds. The Labute approximate surface area is 328 Å². The van der Waals surface area contributed by atoms with Gasteiger partial charge >= 0.3 is 5.97 Å². The van der Waals surface area contributed by atoms with Crippen molar-refractivity contribution in [3.05, 3.63) is 108 Å². The molecule has 1 fully saturated rings. The van der Waals surface area contributed by atoms with Crippen LogP contribution in [0.2, 0.25) is 0 Å². The van der Waals surface area contributed by atoms with Crippen LogP contribution in [0.15, 0.2) is 91.0 Å². The van der Waals surface area contributed by atoms with Crippen LogP contribution in [0, 0.1) is 0 Å². The molecule has 0 spiro atoms. The molecule has 302 valence electrons. The summed E-state index contributed by atoms with van der Waals surface area (Å²) in [5.41, 5.74) is 9.27. The number of amides is 1. The van der Waals surface area contributed by atoms with Crippen LogP contribution in [-0.4, -0.2) is 66.9 Å². The highest BCUT2D eigenvalue weighted by molar-refractivity contribution is 5.84. The highest BCUT2D eigenvalue weighted by Gasteiger charge is 2.45. The normalized spacial score (nSPS) is 20.2. The van der Waals surface area contributed by atoms with E-state index in [1.54, 1.807) is 0 Å². The van der Waals surface area contributed by atoms with Gasteiger partial charge in [-0.15, -0.1) is 0 Å². The predicted molar refractivity (Wildman–Crippen MR) is 214 cm³/mol. The van der Waals surface area contributed by atoms with Gasteiger partial charge in [0.2, 0.25) is 5.91 Å². The van der Waals surface area contributed by atoms with Crippen molar-refractivity contribution < 1.29 is 38.4 Å². The Morgan fingerprint density at radius 1 is 0.727 bits per heavy atom. The third kappa shape index (κ3) is 16.9. The summed E-state index contributed by atoms with van der Waals surface area (Å²) in [6.45, 7) is 3.07. The number of aliphatic hydroxyl groups excluding tert-OH is 1. The van der Waals surface area contributed by atoms with Crippen LogP contribution in [-0.2, 0) is 53.1 Å². The topological polar surface area (TPSA) is 139 Å². The van der Waals surface area contributed by atoms with E-state index in [1.807, 2.05) is 91.0 Å². The Hall–Kier alpha value is -3.64. The summed E-state index contributed by atoms with van der Waals surface area (Å²) in [5, 5.41) is 14.3. The average molecular weight is 761 g/mol. The number of ether oxygens (including phenoxy) is 5. The van der Waals surface area contributed by atoms with Gasteiger partial charge in [-0.2, -0.15) is 0 Å². The van der Waals surface area contributed by atoms with E-state index >= 15 is 0 Å². The third-order valence-electron chi connectivity index (χ3n) is 9.94. The summed E-state index contributed by atoms with van der Waals surface area (Å²) in [7, 11) is 0. The second-order valence-corrected chi connectivity index (χ2v) is 14.5. The Morgan fingerprint density at radius 2 is 1.25 bits per heavy atom. The van der Waals surface area contributed by atoms with E-state index in [2.05, 4.69) is 12.2 Å². The van der Waals surface area contributed by atoms with Crippen molar-refractivity contribution in [3.63, 3.8) is 0 Å². The van der Waals surface area contributed by atoms with Crippen molar-refractivity contribution in [3.8, 4) is 0 Å². The quantitative estimate of drug-likeness (QED) is 0.0532. The minimum Gasteiger partial charge on any atom is -0.459 e. The number of nitrogens with two attached hydrogens (primary N) is 1. The van der Waals surface area contributed by atoms with Crippen LogP contribution in [0.1, 0.15) is 107 Å². The molecule has 10 nitrogen and oxygen atoms in total. The van der Waals surface area contributed by atoms with Gasteiger partial charge in [0.25, 0.3) is 0 Å². The largest absolute Gasteiger partial charge is 0.459 e. The Morgan fingerprint density at radius 3 is 1.84 bits per heavy atom. The van der Waals surface area contributed by atoms with E-state index in [0.717, 1.165) is 36.0 Å². The maximum atomic E-state index is 13.3. The molecular weight excluding hydrogens is 697 g/mol. The number of aliphatic hydroxyl groups is 1. The van der Waals surface area contributed by atoms with E-state index < -0.39 is 42.7 Å². The number of hydrogen-bond acceptors (Lipinski definition) is 9. The van der Waals surface area contributed by atoms with E-state index in [-0.39, 0.29) is 38.8 Å². The molecular formula is C45H64N2O8. The van der Waals surface area contributed by atoms with Gasteiger partial charge in [0, 0.05) is 12.8 Å². The van der Waals surface area contributed by atoms with Crippen molar-refractivity contribution in [1.82, 2.24) is 5.32 Å². The first-order valence-corrected chi connectivity index (χ1v) is 20.4. The highest BCUT2D eigenvalue weighted by Crippen LogP contribution is 2.25. The first-order valence-electron chi connectivity index (χ1n) is 20.4. The average Bonchev–Trinajstić information content (AvgIpc) is 3.21. The molecule has 4 rings (SSSR count). The van der Waals surface area contributed by atoms with Crippen LogP contribution in [0.3, 0.4) is 0 Å². The van der Waals surface area contributed by atoms with Gasteiger partial charge in [-0.25, -0.2) is 4.79 Å². The molecule has 0 unspecified atom stereocenters. The first kappa shape index (κ1) is 44.1. The lowest BCUT2D eigenvalue weighted by Gasteiger charge is -2.43. The molecule has 1 heterocycles. The first-order chi connectivity index (χ1) is 26.9. The number of hydrogen-bond donors (Lipinski definition) is 3. The van der Waals surface area contributed by atoms with Gasteiger partial charge in [-0.05, 0) is 23.1 Å². The fourth-order valence-corrected chi connectivity index (χ4v) is 6.66. The minimum atomic E-state index is -1.12. The van der Waals surface area contributed by atoms with Gasteiger partial charge in [-0.1, -0.05) is 162 Å². The Kier molecular flexibility index (Phi) is 21.0. The fraction of sp³-hybridized carbons (Fsp3) is 0.556. The van der Waals surface area contributed by atoms with E-state index in [1.165, 1.54) is 51.4 Å². The molecule has 0 aliphatic carbocycles. The Bertz CT molecular complexity index is 1450. The van der Waals surface area contributed by atoms with Crippen LogP contribution >= 0.6 is 0 Å². The van der Waals surface area contributed by atoms with E-state index in [9.17, 15) is 14.7 Å². The third-order valence-corrected chi connectivity index (χ3v) is 9.94. The highest BCUT2D eigenvalue weighted by atomic mass is 16.7. The molecule has 0 aromatic heterocycles. The second-order valence-electron chi connectivity index (χ2n) is 14.5. The fourth-order valence-electron chi connectivity index (χ4n) is 6.66. The Balaban J connectivity index is 1.29. The summed E-state index contributed by atoms with van der Waals surface area (Å²) >= 11 is 0. The van der Waals surface area contributed by atoms with E-state index in [4.69, 9.17) is 29.4 Å². The lowest BCUT2D eigenvalue weighted by molar-refractivity contribution is -0.278.